The first-order valence-corrected chi connectivity index (χ1v) is 0. The molecule has 0 aromatic carbocycles. The maximum Gasteiger partial charge on any atom is 0 e. The fourth-order valence-electron chi connectivity index (χ4n) is 0. The molecule has 60 valence electrons. The quantitative estimate of drug-likeness (QED) is 0.371. The van der Waals surface area contributed by atoms with Gasteiger partial charge in [-0.3, -0.25) is 0 Å². The molecular formula is H12CaO6V2. The predicted molar refractivity (Wildman–Crippen MR) is 27.4 cm³/mol. The van der Waals surface area contributed by atoms with Gasteiger partial charge >= 0.3 is 0 Å². The molecule has 9 heteroatoms. The summed E-state index contributed by atoms with van der Waals surface area (Å²) >= 11 is 0. The van der Waals surface area contributed by atoms with Crippen LogP contribution in [0.3, 0.4) is 0 Å². The van der Waals surface area contributed by atoms with Crippen molar-refractivity contribution in [2.75, 3.05) is 0 Å². The molecule has 9 heavy (non-hydrogen) atoms. The molecule has 12 N–H and O–H groups in total. The number of rotatable bonds is 0. The van der Waals surface area contributed by atoms with E-state index in [4.69, 9.17) is 0 Å². The molecule has 0 aromatic heterocycles. The van der Waals surface area contributed by atoms with E-state index >= 15 is 0 Å². The van der Waals surface area contributed by atoms with Gasteiger partial charge in [-0.1, -0.05) is 0 Å². The van der Waals surface area contributed by atoms with Crippen molar-refractivity contribution in [1.29, 1.82) is 0 Å². The minimum atomic E-state index is 0. The van der Waals surface area contributed by atoms with Gasteiger partial charge in [-0.05, 0) is 0 Å². The fraction of sp³-hybridized carbons (Fsp3) is 0. The Morgan fingerprint density at radius 3 is 0.333 bits per heavy atom. The van der Waals surface area contributed by atoms with Crippen molar-refractivity contribution in [3.05, 3.63) is 0 Å². The third-order valence-electron chi connectivity index (χ3n) is 0. The van der Waals surface area contributed by atoms with Gasteiger partial charge in [0.1, 0.15) is 0 Å². The largest absolute Gasteiger partial charge is 0.412 e. The molecule has 0 heterocycles. The smallest absolute Gasteiger partial charge is 0 e. The van der Waals surface area contributed by atoms with Gasteiger partial charge in [0.2, 0.25) is 0 Å². The summed E-state index contributed by atoms with van der Waals surface area (Å²) in [5.74, 6) is 0. The number of hydrogen-bond acceptors (Lipinski definition) is 0. The molecule has 0 bridgehead atoms. The second kappa shape index (κ2) is 180. The van der Waals surface area contributed by atoms with Crippen molar-refractivity contribution in [1.82, 2.24) is 0 Å². The average Bonchev–Trinajstić information content (AvgIpc) is 0. The van der Waals surface area contributed by atoms with E-state index in [0.717, 1.165) is 0 Å². The zero-order valence-corrected chi connectivity index (χ0v) is 9.60. The Hall–Kier alpha value is 2.19. The normalized spacial score (nSPS) is 0. The molecule has 0 amide bonds. The van der Waals surface area contributed by atoms with Gasteiger partial charge < -0.3 is 32.9 Å². The van der Waals surface area contributed by atoms with Crippen molar-refractivity contribution in [2.45, 2.75) is 0 Å². The summed E-state index contributed by atoms with van der Waals surface area (Å²) in [6, 6.07) is 0. The van der Waals surface area contributed by atoms with E-state index in [1.807, 2.05) is 0 Å². The molecule has 0 aliphatic rings. The van der Waals surface area contributed by atoms with Crippen LogP contribution in [0.4, 0.5) is 0 Å². The second-order valence-corrected chi connectivity index (χ2v) is 0. The summed E-state index contributed by atoms with van der Waals surface area (Å²) in [6.45, 7) is 0. The van der Waals surface area contributed by atoms with E-state index in [2.05, 4.69) is 0 Å². The fourth-order valence-corrected chi connectivity index (χ4v) is 0. The minimum absolute atomic E-state index is 0. The van der Waals surface area contributed by atoms with Gasteiger partial charge in [0.05, 0.1) is 0 Å². The molecule has 0 rings (SSSR count). The van der Waals surface area contributed by atoms with Crippen LogP contribution >= 0.6 is 0 Å². The molecule has 0 aliphatic carbocycles. The van der Waals surface area contributed by atoms with Crippen LogP contribution in [-0.4, -0.2) is 70.6 Å². The van der Waals surface area contributed by atoms with Crippen LogP contribution in [0.2, 0.25) is 0 Å². The molecule has 0 fully saturated rings. The minimum Gasteiger partial charge on any atom is -0.412 e. The van der Waals surface area contributed by atoms with Crippen LogP contribution in [0.25, 0.3) is 0 Å². The van der Waals surface area contributed by atoms with E-state index < -0.39 is 0 Å². The van der Waals surface area contributed by atoms with E-state index in [-0.39, 0.29) is 108 Å². The molecular weight excluding hydrogens is 238 g/mol. The Bertz CT molecular complexity index is 11.0. The van der Waals surface area contributed by atoms with E-state index in [0.29, 0.717) is 0 Å². The van der Waals surface area contributed by atoms with Crippen LogP contribution in [-0.2, 0) is 37.1 Å². The van der Waals surface area contributed by atoms with Crippen molar-refractivity contribution >= 4 is 37.7 Å². The average molecular weight is 250 g/mol. The third kappa shape index (κ3) is 143. The maximum atomic E-state index is 0. The van der Waals surface area contributed by atoms with Gasteiger partial charge in [-0.2, -0.15) is 0 Å². The Labute approximate surface area is 106 Å². The SMILES string of the molecule is O.O.O.O.O.O.[Ca].[V].[V]. The van der Waals surface area contributed by atoms with Gasteiger partial charge in [-0.15, -0.1) is 0 Å². The summed E-state index contributed by atoms with van der Waals surface area (Å²) in [4.78, 5) is 0. The number of hydrogen-bond donors (Lipinski definition) is 0. The first-order valence-electron chi connectivity index (χ1n) is 0. The van der Waals surface area contributed by atoms with E-state index in [1.165, 1.54) is 0 Å². The molecule has 6 nitrogen and oxygen atoms in total. The molecule has 0 aliphatic heterocycles. The predicted octanol–water partition coefficient (Wildman–Crippen LogP) is -5.33. The molecule has 0 unspecified atom stereocenters. The Balaban J connectivity index is 0. The van der Waals surface area contributed by atoms with Gasteiger partial charge in [0, 0.05) is 74.8 Å². The van der Waals surface area contributed by atoms with Gasteiger partial charge in [-0.25, -0.2) is 0 Å². The second-order valence-electron chi connectivity index (χ2n) is 0. The Kier molecular flexibility index (Phi) is 4840. The van der Waals surface area contributed by atoms with Crippen molar-refractivity contribution in [3.63, 3.8) is 0 Å². The molecule has 0 saturated heterocycles. The van der Waals surface area contributed by atoms with Crippen molar-refractivity contribution in [3.8, 4) is 0 Å². The molecule has 0 atom stereocenters. The van der Waals surface area contributed by atoms with Crippen LogP contribution in [0.5, 0.6) is 0 Å². The van der Waals surface area contributed by atoms with E-state index in [1.54, 1.807) is 0 Å². The summed E-state index contributed by atoms with van der Waals surface area (Å²) in [6.07, 6.45) is 0. The first-order chi connectivity index (χ1) is 0. The summed E-state index contributed by atoms with van der Waals surface area (Å²) in [5.41, 5.74) is 0. The molecule has 0 spiro atoms. The Morgan fingerprint density at radius 2 is 0.333 bits per heavy atom. The van der Waals surface area contributed by atoms with Crippen LogP contribution < -0.4 is 0 Å². The monoisotopic (exact) mass is 250 g/mol. The molecule has 0 aromatic rings. The summed E-state index contributed by atoms with van der Waals surface area (Å²) in [7, 11) is 0. The van der Waals surface area contributed by atoms with Crippen molar-refractivity contribution in [2.24, 2.45) is 0 Å². The first kappa shape index (κ1) is 242. The summed E-state index contributed by atoms with van der Waals surface area (Å²) < 4.78 is 0. The maximum absolute atomic E-state index is 0. The topological polar surface area (TPSA) is 189 Å². The van der Waals surface area contributed by atoms with Crippen LogP contribution in [0.15, 0.2) is 0 Å². The van der Waals surface area contributed by atoms with Crippen LogP contribution in [0.1, 0.15) is 0 Å². The van der Waals surface area contributed by atoms with Gasteiger partial charge in [0.15, 0.2) is 0 Å². The summed E-state index contributed by atoms with van der Waals surface area (Å²) in [5, 5.41) is 0. The van der Waals surface area contributed by atoms with Gasteiger partial charge in [0.25, 0.3) is 0 Å². The molecule has 4 radical (unpaired) electrons. The standard InChI is InChI=1S/Ca.6H2O.2V/h;6*1H2;;. The Morgan fingerprint density at radius 1 is 0.333 bits per heavy atom. The zero-order valence-electron chi connectivity index (χ0n) is 4.60. The molecule has 0 saturated carbocycles. The zero-order chi connectivity index (χ0) is 0. The third-order valence-corrected chi connectivity index (χ3v) is 0. The van der Waals surface area contributed by atoms with Crippen LogP contribution in [0, 0.1) is 0 Å². The van der Waals surface area contributed by atoms with Crippen molar-refractivity contribution < 1.29 is 70.0 Å². The van der Waals surface area contributed by atoms with E-state index in [9.17, 15) is 0 Å².